The van der Waals surface area contributed by atoms with Crippen LogP contribution >= 0.6 is 0 Å². The molecule has 0 aliphatic carbocycles. The maximum atomic E-state index is 5.84. The largest absolute Gasteiger partial charge is 0.419 e. The van der Waals surface area contributed by atoms with Crippen LogP contribution in [0, 0.1) is 0 Å². The van der Waals surface area contributed by atoms with Crippen LogP contribution in [-0.4, -0.2) is 16.7 Å². The van der Waals surface area contributed by atoms with Gasteiger partial charge in [-0.15, -0.1) is 10.2 Å². The molecule has 0 fully saturated rings. The number of hydrogen-bond acceptors (Lipinski definition) is 4. The van der Waals surface area contributed by atoms with E-state index >= 15 is 0 Å². The van der Waals surface area contributed by atoms with E-state index in [9.17, 15) is 0 Å². The zero-order valence-electron chi connectivity index (χ0n) is 13.4. The molecule has 0 spiro atoms. The van der Waals surface area contributed by atoms with Crippen LogP contribution in [0.25, 0.3) is 11.5 Å². The van der Waals surface area contributed by atoms with E-state index in [0.717, 1.165) is 24.9 Å². The summed E-state index contributed by atoms with van der Waals surface area (Å²) in [5.41, 5.74) is 2.13. The van der Waals surface area contributed by atoms with Gasteiger partial charge < -0.3 is 9.32 Å². The van der Waals surface area contributed by atoms with Gasteiger partial charge >= 0.3 is 0 Å². The number of anilines is 1. The zero-order chi connectivity index (χ0) is 15.9. The molecule has 0 saturated carbocycles. The number of unbranched alkanes of at least 4 members (excludes halogenated alkanes) is 1. The molecule has 1 heterocycles. The van der Waals surface area contributed by atoms with Crippen LogP contribution in [0.4, 0.5) is 5.69 Å². The number of nitrogens with zero attached hydrogens (tertiary/aromatic N) is 3. The van der Waals surface area contributed by atoms with E-state index in [0.29, 0.717) is 18.3 Å². The Hall–Kier alpha value is -2.62. The fourth-order valence-electron chi connectivity index (χ4n) is 2.47. The number of rotatable bonds is 7. The summed E-state index contributed by atoms with van der Waals surface area (Å²) in [6.45, 7) is 3.80. The number of benzene rings is 2. The molecule has 0 aliphatic rings. The first-order valence-corrected chi connectivity index (χ1v) is 8.04. The minimum atomic E-state index is 0.573. The van der Waals surface area contributed by atoms with E-state index in [4.69, 9.17) is 4.42 Å². The first kappa shape index (κ1) is 15.3. The van der Waals surface area contributed by atoms with Crippen molar-refractivity contribution < 1.29 is 4.42 Å². The van der Waals surface area contributed by atoms with Gasteiger partial charge in [-0.1, -0.05) is 49.7 Å². The molecule has 0 unspecified atom stereocenters. The lowest BCUT2D eigenvalue weighted by molar-refractivity contribution is 0.495. The zero-order valence-corrected chi connectivity index (χ0v) is 13.4. The molecule has 2 aromatic carbocycles. The summed E-state index contributed by atoms with van der Waals surface area (Å²) in [7, 11) is 0. The SMILES string of the molecule is CCCCN(Cc1nnc(-c2ccccc2)o1)c1ccccc1. The Morgan fingerprint density at radius 3 is 2.30 bits per heavy atom. The monoisotopic (exact) mass is 307 g/mol. The Labute approximate surface area is 136 Å². The predicted molar refractivity (Wildman–Crippen MR) is 92.1 cm³/mol. The van der Waals surface area contributed by atoms with Gasteiger partial charge in [0.1, 0.15) is 0 Å². The van der Waals surface area contributed by atoms with Crippen molar-refractivity contribution in [2.45, 2.75) is 26.3 Å². The van der Waals surface area contributed by atoms with E-state index in [1.807, 2.05) is 36.4 Å². The molecule has 0 saturated heterocycles. The fourth-order valence-corrected chi connectivity index (χ4v) is 2.47. The van der Waals surface area contributed by atoms with E-state index in [-0.39, 0.29) is 0 Å². The predicted octanol–water partition coefficient (Wildman–Crippen LogP) is 4.54. The second kappa shape index (κ2) is 7.58. The van der Waals surface area contributed by atoms with E-state index in [1.54, 1.807) is 0 Å². The molecule has 3 rings (SSSR count). The molecule has 0 amide bonds. The van der Waals surface area contributed by atoms with Gasteiger partial charge in [0.05, 0.1) is 6.54 Å². The Bertz CT molecular complexity index is 710. The summed E-state index contributed by atoms with van der Waals surface area (Å²) in [5.74, 6) is 1.22. The van der Waals surface area contributed by atoms with Crippen LogP contribution < -0.4 is 4.90 Å². The van der Waals surface area contributed by atoms with E-state index < -0.39 is 0 Å². The third-order valence-electron chi connectivity index (χ3n) is 3.72. The lowest BCUT2D eigenvalue weighted by atomic mass is 10.2. The van der Waals surface area contributed by atoms with Crippen LogP contribution in [0.3, 0.4) is 0 Å². The minimum absolute atomic E-state index is 0.573. The second-order valence-corrected chi connectivity index (χ2v) is 5.48. The van der Waals surface area contributed by atoms with Gasteiger partial charge in [0, 0.05) is 17.8 Å². The topological polar surface area (TPSA) is 42.2 Å². The Balaban J connectivity index is 1.76. The van der Waals surface area contributed by atoms with Gasteiger partial charge in [0.2, 0.25) is 11.8 Å². The van der Waals surface area contributed by atoms with Crippen molar-refractivity contribution in [3.8, 4) is 11.5 Å². The Morgan fingerprint density at radius 2 is 1.61 bits per heavy atom. The molecule has 0 N–H and O–H groups in total. The standard InChI is InChI=1S/C19H21N3O/c1-2-3-14-22(17-12-8-5-9-13-17)15-18-20-21-19(23-18)16-10-6-4-7-11-16/h4-13H,2-3,14-15H2,1H3. The first-order valence-electron chi connectivity index (χ1n) is 8.04. The van der Waals surface area contributed by atoms with Gasteiger partial charge in [0.25, 0.3) is 0 Å². The Kier molecular flexibility index (Phi) is 5.04. The van der Waals surface area contributed by atoms with Gasteiger partial charge in [-0.2, -0.15) is 0 Å². The summed E-state index contributed by atoms with van der Waals surface area (Å²) in [6, 6.07) is 20.2. The molecule has 1 aromatic heterocycles. The summed E-state index contributed by atoms with van der Waals surface area (Å²) in [4.78, 5) is 2.28. The van der Waals surface area contributed by atoms with E-state index in [2.05, 4.69) is 46.3 Å². The van der Waals surface area contributed by atoms with Crippen molar-refractivity contribution in [2.75, 3.05) is 11.4 Å². The first-order chi connectivity index (χ1) is 11.4. The number of hydrogen-bond donors (Lipinski definition) is 0. The Morgan fingerprint density at radius 1 is 0.913 bits per heavy atom. The lowest BCUT2D eigenvalue weighted by Gasteiger charge is -2.22. The summed E-state index contributed by atoms with van der Waals surface area (Å²) >= 11 is 0. The number of para-hydroxylation sites is 1. The highest BCUT2D eigenvalue weighted by molar-refractivity contribution is 5.52. The summed E-state index contributed by atoms with van der Waals surface area (Å²) < 4.78 is 5.84. The average molecular weight is 307 g/mol. The van der Waals surface area contributed by atoms with Crippen LogP contribution in [-0.2, 0) is 6.54 Å². The third kappa shape index (κ3) is 3.97. The fraction of sp³-hybridized carbons (Fsp3) is 0.263. The van der Waals surface area contributed by atoms with Crippen molar-refractivity contribution in [3.05, 3.63) is 66.6 Å². The smallest absolute Gasteiger partial charge is 0.247 e. The molecular weight excluding hydrogens is 286 g/mol. The summed E-state index contributed by atoms with van der Waals surface area (Å²) in [6.07, 6.45) is 2.29. The average Bonchev–Trinajstić information content (AvgIpc) is 3.09. The molecular formula is C19H21N3O. The van der Waals surface area contributed by atoms with Crippen LogP contribution in [0.15, 0.2) is 65.1 Å². The van der Waals surface area contributed by atoms with Gasteiger partial charge in [-0.25, -0.2) is 0 Å². The van der Waals surface area contributed by atoms with Crippen molar-refractivity contribution in [1.29, 1.82) is 0 Å². The highest BCUT2D eigenvalue weighted by atomic mass is 16.4. The number of aromatic nitrogens is 2. The van der Waals surface area contributed by atoms with Crippen LogP contribution in [0.2, 0.25) is 0 Å². The summed E-state index contributed by atoms with van der Waals surface area (Å²) in [5, 5.41) is 8.38. The highest BCUT2D eigenvalue weighted by Gasteiger charge is 2.13. The van der Waals surface area contributed by atoms with E-state index in [1.165, 1.54) is 5.69 Å². The molecule has 118 valence electrons. The van der Waals surface area contributed by atoms with Crippen molar-refractivity contribution in [2.24, 2.45) is 0 Å². The molecule has 0 radical (unpaired) electrons. The molecule has 3 aromatic rings. The van der Waals surface area contributed by atoms with Gasteiger partial charge in [0.15, 0.2) is 0 Å². The molecule has 23 heavy (non-hydrogen) atoms. The quantitative estimate of drug-likeness (QED) is 0.642. The molecule has 0 aliphatic heterocycles. The highest BCUT2D eigenvalue weighted by Crippen LogP contribution is 2.20. The normalized spacial score (nSPS) is 10.7. The van der Waals surface area contributed by atoms with Crippen LogP contribution in [0.1, 0.15) is 25.7 Å². The van der Waals surface area contributed by atoms with Gasteiger partial charge in [-0.3, -0.25) is 0 Å². The second-order valence-electron chi connectivity index (χ2n) is 5.48. The van der Waals surface area contributed by atoms with Crippen LogP contribution in [0.5, 0.6) is 0 Å². The van der Waals surface area contributed by atoms with Crippen molar-refractivity contribution in [3.63, 3.8) is 0 Å². The lowest BCUT2D eigenvalue weighted by Crippen LogP contribution is -2.23. The molecule has 0 bridgehead atoms. The third-order valence-corrected chi connectivity index (χ3v) is 3.72. The maximum Gasteiger partial charge on any atom is 0.247 e. The minimum Gasteiger partial charge on any atom is -0.419 e. The van der Waals surface area contributed by atoms with Gasteiger partial charge in [-0.05, 0) is 30.7 Å². The van der Waals surface area contributed by atoms with Crippen molar-refractivity contribution in [1.82, 2.24) is 10.2 Å². The molecule has 4 heteroatoms. The molecule has 0 atom stereocenters. The van der Waals surface area contributed by atoms with Crippen molar-refractivity contribution >= 4 is 5.69 Å². The molecule has 4 nitrogen and oxygen atoms in total. The maximum absolute atomic E-state index is 5.84.